The van der Waals surface area contributed by atoms with E-state index in [9.17, 15) is 0 Å². The first kappa shape index (κ1) is 5.81. The highest BCUT2D eigenvalue weighted by molar-refractivity contribution is 5.74. The molecule has 0 aliphatic heterocycles. The standard InChI is InChI=1S/C5H8N4/c1-9-3-2-7-5(9)4-8-6/h2-4H,6H2,1H3/b8-4+. The van der Waals surface area contributed by atoms with Crippen LogP contribution in [0.5, 0.6) is 0 Å². The number of aryl methyl sites for hydroxylation is 1. The topological polar surface area (TPSA) is 56.2 Å². The fraction of sp³-hybridized carbons (Fsp3) is 0.200. The Balaban J connectivity index is 2.94. The minimum Gasteiger partial charge on any atom is -0.333 e. The predicted molar refractivity (Wildman–Crippen MR) is 35.0 cm³/mol. The first-order chi connectivity index (χ1) is 4.34. The zero-order chi connectivity index (χ0) is 6.69. The summed E-state index contributed by atoms with van der Waals surface area (Å²) in [4.78, 5) is 3.94. The molecule has 0 bridgehead atoms. The summed E-state index contributed by atoms with van der Waals surface area (Å²) < 4.78 is 1.83. The molecule has 0 aliphatic rings. The van der Waals surface area contributed by atoms with Gasteiger partial charge in [-0.15, -0.1) is 0 Å². The number of hydrogen-bond acceptors (Lipinski definition) is 3. The van der Waals surface area contributed by atoms with Crippen molar-refractivity contribution >= 4 is 6.21 Å². The van der Waals surface area contributed by atoms with Crippen LogP contribution in [0.15, 0.2) is 17.5 Å². The third kappa shape index (κ3) is 1.07. The lowest BCUT2D eigenvalue weighted by Crippen LogP contribution is -1.96. The van der Waals surface area contributed by atoms with E-state index in [1.807, 2.05) is 17.8 Å². The lowest BCUT2D eigenvalue weighted by molar-refractivity contribution is 0.900. The van der Waals surface area contributed by atoms with Crippen molar-refractivity contribution in [3.63, 3.8) is 0 Å². The molecule has 0 amide bonds. The Hall–Kier alpha value is -1.32. The molecule has 1 aromatic heterocycles. The van der Waals surface area contributed by atoms with Crippen LogP contribution in [0.3, 0.4) is 0 Å². The van der Waals surface area contributed by atoms with Gasteiger partial charge >= 0.3 is 0 Å². The molecule has 0 fully saturated rings. The number of hydrogen-bond donors (Lipinski definition) is 1. The Morgan fingerprint density at radius 1 is 1.89 bits per heavy atom. The SMILES string of the molecule is Cn1ccnc1/C=N/N. The summed E-state index contributed by atoms with van der Waals surface area (Å²) in [5.41, 5.74) is 0. The summed E-state index contributed by atoms with van der Waals surface area (Å²) in [5, 5.41) is 3.33. The van der Waals surface area contributed by atoms with Crippen LogP contribution in [0, 0.1) is 0 Å². The quantitative estimate of drug-likeness (QED) is 0.318. The van der Waals surface area contributed by atoms with Crippen molar-refractivity contribution in [3.05, 3.63) is 18.2 Å². The lowest BCUT2D eigenvalue weighted by Gasteiger charge is -1.89. The van der Waals surface area contributed by atoms with Gasteiger partial charge in [-0.25, -0.2) is 4.98 Å². The van der Waals surface area contributed by atoms with Gasteiger partial charge in [0.1, 0.15) is 0 Å². The number of imidazole rings is 1. The Bertz CT molecular complexity index is 212. The van der Waals surface area contributed by atoms with Crippen LogP contribution in [0.25, 0.3) is 0 Å². The van der Waals surface area contributed by atoms with Crippen LogP contribution in [-0.2, 0) is 7.05 Å². The molecular weight excluding hydrogens is 116 g/mol. The first-order valence-electron chi connectivity index (χ1n) is 2.55. The minimum absolute atomic E-state index is 0.762. The van der Waals surface area contributed by atoms with Crippen molar-refractivity contribution in [2.45, 2.75) is 0 Å². The van der Waals surface area contributed by atoms with E-state index in [1.165, 1.54) is 6.21 Å². The van der Waals surface area contributed by atoms with Crippen molar-refractivity contribution < 1.29 is 0 Å². The molecule has 0 radical (unpaired) electrons. The second-order valence-corrected chi connectivity index (χ2v) is 1.67. The van der Waals surface area contributed by atoms with Crippen molar-refractivity contribution in [1.82, 2.24) is 9.55 Å². The van der Waals surface area contributed by atoms with Gasteiger partial charge in [-0.1, -0.05) is 0 Å². The van der Waals surface area contributed by atoms with Gasteiger partial charge in [0.05, 0.1) is 6.21 Å². The van der Waals surface area contributed by atoms with E-state index in [0.29, 0.717) is 0 Å². The molecular formula is C5H8N4. The molecule has 0 spiro atoms. The minimum atomic E-state index is 0.762. The van der Waals surface area contributed by atoms with Gasteiger partial charge in [0.2, 0.25) is 0 Å². The highest BCUT2D eigenvalue weighted by Crippen LogP contribution is 1.87. The Kier molecular flexibility index (Phi) is 1.48. The average Bonchev–Trinajstić information content (AvgIpc) is 2.18. The smallest absolute Gasteiger partial charge is 0.152 e. The van der Waals surface area contributed by atoms with Crippen LogP contribution in [0.1, 0.15) is 5.82 Å². The lowest BCUT2D eigenvalue weighted by atomic mass is 10.7. The molecule has 0 unspecified atom stereocenters. The maximum absolute atomic E-state index is 4.90. The third-order valence-corrected chi connectivity index (χ3v) is 1.05. The van der Waals surface area contributed by atoms with Crippen LogP contribution in [0.2, 0.25) is 0 Å². The molecule has 4 nitrogen and oxygen atoms in total. The molecule has 4 heteroatoms. The fourth-order valence-corrected chi connectivity index (χ4v) is 0.568. The van der Waals surface area contributed by atoms with E-state index < -0.39 is 0 Å². The maximum atomic E-state index is 4.90. The second-order valence-electron chi connectivity index (χ2n) is 1.67. The van der Waals surface area contributed by atoms with E-state index in [4.69, 9.17) is 5.84 Å². The number of nitrogens with two attached hydrogens (primary N) is 1. The summed E-state index contributed by atoms with van der Waals surface area (Å²) in [6.45, 7) is 0. The molecule has 2 N–H and O–H groups in total. The number of aromatic nitrogens is 2. The fourth-order valence-electron chi connectivity index (χ4n) is 0.568. The molecule has 48 valence electrons. The molecule has 9 heavy (non-hydrogen) atoms. The Labute approximate surface area is 53.0 Å². The van der Waals surface area contributed by atoms with Crippen molar-refractivity contribution in [2.24, 2.45) is 18.0 Å². The highest BCUT2D eigenvalue weighted by Gasteiger charge is 1.90. The summed E-state index contributed by atoms with van der Waals surface area (Å²) in [6, 6.07) is 0. The molecule has 0 atom stereocenters. The highest BCUT2D eigenvalue weighted by atomic mass is 15.1. The molecule has 1 heterocycles. The predicted octanol–water partition coefficient (Wildman–Crippen LogP) is -0.287. The monoisotopic (exact) mass is 124 g/mol. The maximum Gasteiger partial charge on any atom is 0.152 e. The first-order valence-corrected chi connectivity index (χ1v) is 2.55. The van der Waals surface area contributed by atoms with Crippen LogP contribution >= 0.6 is 0 Å². The molecule has 0 aliphatic carbocycles. The van der Waals surface area contributed by atoms with Gasteiger partial charge in [-0.2, -0.15) is 5.10 Å². The van der Waals surface area contributed by atoms with Crippen LogP contribution in [0.4, 0.5) is 0 Å². The van der Waals surface area contributed by atoms with Crippen molar-refractivity contribution in [1.29, 1.82) is 0 Å². The Morgan fingerprint density at radius 2 is 2.67 bits per heavy atom. The second kappa shape index (κ2) is 2.30. The van der Waals surface area contributed by atoms with Crippen molar-refractivity contribution in [3.8, 4) is 0 Å². The number of hydrazone groups is 1. The molecule has 0 saturated heterocycles. The number of nitrogens with zero attached hydrogens (tertiary/aromatic N) is 3. The van der Waals surface area contributed by atoms with Crippen LogP contribution < -0.4 is 5.84 Å². The normalized spacial score (nSPS) is 10.8. The summed E-state index contributed by atoms with van der Waals surface area (Å²) in [5.74, 6) is 5.67. The number of rotatable bonds is 1. The van der Waals surface area contributed by atoms with E-state index >= 15 is 0 Å². The third-order valence-electron chi connectivity index (χ3n) is 1.05. The van der Waals surface area contributed by atoms with Gasteiger partial charge in [0.15, 0.2) is 5.82 Å². The van der Waals surface area contributed by atoms with Gasteiger partial charge < -0.3 is 10.4 Å². The van der Waals surface area contributed by atoms with Gasteiger partial charge in [-0.3, -0.25) is 0 Å². The molecule has 1 aromatic rings. The average molecular weight is 124 g/mol. The van der Waals surface area contributed by atoms with Crippen LogP contribution in [-0.4, -0.2) is 15.8 Å². The van der Waals surface area contributed by atoms with E-state index in [1.54, 1.807) is 6.20 Å². The van der Waals surface area contributed by atoms with Gasteiger partial charge in [0, 0.05) is 19.4 Å². The summed E-state index contributed by atoms with van der Waals surface area (Å²) in [7, 11) is 1.88. The summed E-state index contributed by atoms with van der Waals surface area (Å²) in [6.07, 6.45) is 5.02. The van der Waals surface area contributed by atoms with E-state index in [2.05, 4.69) is 10.1 Å². The summed E-state index contributed by atoms with van der Waals surface area (Å²) >= 11 is 0. The zero-order valence-electron chi connectivity index (χ0n) is 5.15. The van der Waals surface area contributed by atoms with E-state index in [-0.39, 0.29) is 0 Å². The molecule has 1 rings (SSSR count). The van der Waals surface area contributed by atoms with Gasteiger partial charge in [0.25, 0.3) is 0 Å². The van der Waals surface area contributed by atoms with Crippen molar-refractivity contribution in [2.75, 3.05) is 0 Å². The molecule has 0 saturated carbocycles. The largest absolute Gasteiger partial charge is 0.333 e. The molecule has 0 aromatic carbocycles. The van der Waals surface area contributed by atoms with E-state index in [0.717, 1.165) is 5.82 Å². The zero-order valence-corrected chi connectivity index (χ0v) is 5.15. The Morgan fingerprint density at radius 3 is 3.11 bits per heavy atom. The van der Waals surface area contributed by atoms with Gasteiger partial charge in [-0.05, 0) is 0 Å².